The number of thiazole rings is 1. The first-order valence-corrected chi connectivity index (χ1v) is 8.76. The third kappa shape index (κ3) is 4.27. The summed E-state index contributed by atoms with van der Waals surface area (Å²) in [5.41, 5.74) is 6.48. The van der Waals surface area contributed by atoms with Crippen LogP contribution in [0.15, 0.2) is 24.3 Å². The highest BCUT2D eigenvalue weighted by atomic mass is 32.1. The van der Waals surface area contributed by atoms with Crippen molar-refractivity contribution in [2.45, 2.75) is 45.1 Å². The smallest absolute Gasteiger partial charge is 0.222 e. The lowest BCUT2D eigenvalue weighted by Crippen LogP contribution is -2.29. The summed E-state index contributed by atoms with van der Waals surface area (Å²) < 4.78 is 1.17. The van der Waals surface area contributed by atoms with E-state index in [1.807, 2.05) is 37.1 Å². The predicted octanol–water partition coefficient (Wildman–Crippen LogP) is 3.72. The molecule has 2 rings (SSSR count). The van der Waals surface area contributed by atoms with Crippen LogP contribution in [-0.4, -0.2) is 29.4 Å². The van der Waals surface area contributed by atoms with Gasteiger partial charge in [-0.05, 0) is 38.4 Å². The standard InChI is InChI=1S/C17H25N3OS/c1-13(17-19-14-9-6-7-10-15(14)22-17)20(2)16(21)11-5-3-4-8-12-18/h6-7,9-10,13H,3-5,8,11-12,18H2,1-2H3. The van der Waals surface area contributed by atoms with Crippen LogP contribution in [0.25, 0.3) is 10.2 Å². The van der Waals surface area contributed by atoms with Crippen molar-refractivity contribution in [3.05, 3.63) is 29.3 Å². The number of carbonyl (C=O) groups is 1. The Morgan fingerprint density at radius 1 is 1.27 bits per heavy atom. The van der Waals surface area contributed by atoms with E-state index >= 15 is 0 Å². The second-order valence-corrected chi connectivity index (χ2v) is 6.72. The number of para-hydroxylation sites is 1. The van der Waals surface area contributed by atoms with Crippen LogP contribution in [0.2, 0.25) is 0 Å². The van der Waals surface area contributed by atoms with Crippen molar-refractivity contribution in [2.24, 2.45) is 5.73 Å². The lowest BCUT2D eigenvalue weighted by Gasteiger charge is -2.23. The first-order valence-electron chi connectivity index (χ1n) is 7.94. The SMILES string of the molecule is CC(c1nc2ccccc2s1)N(C)C(=O)CCCCCCN. The number of carbonyl (C=O) groups excluding carboxylic acids is 1. The summed E-state index contributed by atoms with van der Waals surface area (Å²) in [7, 11) is 1.87. The molecular formula is C17H25N3OS. The maximum absolute atomic E-state index is 12.3. The minimum Gasteiger partial charge on any atom is -0.337 e. The van der Waals surface area contributed by atoms with Gasteiger partial charge in [0.25, 0.3) is 0 Å². The molecule has 5 heteroatoms. The van der Waals surface area contributed by atoms with Crippen molar-refractivity contribution in [1.82, 2.24) is 9.88 Å². The fourth-order valence-electron chi connectivity index (χ4n) is 2.40. The van der Waals surface area contributed by atoms with Crippen LogP contribution in [0.5, 0.6) is 0 Å². The lowest BCUT2D eigenvalue weighted by atomic mass is 10.1. The van der Waals surface area contributed by atoms with Crippen molar-refractivity contribution in [2.75, 3.05) is 13.6 Å². The van der Waals surface area contributed by atoms with Crippen LogP contribution in [0, 0.1) is 0 Å². The van der Waals surface area contributed by atoms with Gasteiger partial charge in [0.1, 0.15) is 5.01 Å². The molecule has 1 aromatic heterocycles. The first-order chi connectivity index (χ1) is 10.6. The predicted molar refractivity (Wildman–Crippen MR) is 92.9 cm³/mol. The number of unbranched alkanes of at least 4 members (excludes halogenated alkanes) is 3. The van der Waals surface area contributed by atoms with E-state index in [1.165, 1.54) is 4.70 Å². The molecule has 2 aromatic rings. The molecule has 0 aliphatic heterocycles. The second kappa shape index (κ2) is 8.25. The van der Waals surface area contributed by atoms with E-state index in [0.717, 1.165) is 42.8 Å². The molecule has 1 unspecified atom stereocenters. The van der Waals surface area contributed by atoms with E-state index in [2.05, 4.69) is 11.1 Å². The fourth-order valence-corrected chi connectivity index (χ4v) is 3.46. The molecule has 22 heavy (non-hydrogen) atoms. The van der Waals surface area contributed by atoms with Crippen molar-refractivity contribution >= 4 is 27.5 Å². The number of rotatable bonds is 8. The zero-order valence-electron chi connectivity index (χ0n) is 13.4. The van der Waals surface area contributed by atoms with Gasteiger partial charge in [0, 0.05) is 13.5 Å². The molecule has 1 atom stereocenters. The monoisotopic (exact) mass is 319 g/mol. The number of nitrogens with two attached hydrogens (primary N) is 1. The Morgan fingerprint density at radius 2 is 2.00 bits per heavy atom. The molecular weight excluding hydrogens is 294 g/mol. The quantitative estimate of drug-likeness (QED) is 0.754. The third-order valence-corrected chi connectivity index (χ3v) is 5.19. The molecule has 0 aliphatic rings. The van der Waals surface area contributed by atoms with Gasteiger partial charge >= 0.3 is 0 Å². The fraction of sp³-hybridized carbons (Fsp3) is 0.529. The molecule has 0 saturated heterocycles. The maximum Gasteiger partial charge on any atom is 0.222 e. The molecule has 120 valence electrons. The zero-order valence-corrected chi connectivity index (χ0v) is 14.2. The largest absolute Gasteiger partial charge is 0.337 e. The zero-order chi connectivity index (χ0) is 15.9. The van der Waals surface area contributed by atoms with Crippen LogP contribution in [0.1, 0.15) is 50.1 Å². The normalized spacial score (nSPS) is 12.5. The summed E-state index contributed by atoms with van der Waals surface area (Å²) in [6.07, 6.45) is 4.78. The Hall–Kier alpha value is -1.46. The van der Waals surface area contributed by atoms with Gasteiger partial charge in [-0.25, -0.2) is 4.98 Å². The average Bonchev–Trinajstić information content (AvgIpc) is 2.97. The summed E-state index contributed by atoms with van der Waals surface area (Å²) in [6.45, 7) is 2.78. The van der Waals surface area contributed by atoms with Gasteiger partial charge in [-0.1, -0.05) is 25.0 Å². The Kier molecular flexibility index (Phi) is 6.34. The summed E-state index contributed by atoms with van der Waals surface area (Å²) in [5, 5.41) is 1.00. The molecule has 0 aliphatic carbocycles. The number of aromatic nitrogens is 1. The van der Waals surface area contributed by atoms with Gasteiger partial charge in [0.2, 0.25) is 5.91 Å². The lowest BCUT2D eigenvalue weighted by molar-refractivity contribution is -0.131. The van der Waals surface area contributed by atoms with Crippen molar-refractivity contribution in [3.63, 3.8) is 0 Å². The highest BCUT2D eigenvalue weighted by Crippen LogP contribution is 2.29. The van der Waals surface area contributed by atoms with Crippen LogP contribution in [-0.2, 0) is 4.79 Å². The van der Waals surface area contributed by atoms with Gasteiger partial charge in [-0.2, -0.15) is 0 Å². The minimum absolute atomic E-state index is 0.0222. The summed E-state index contributed by atoms with van der Waals surface area (Å²) in [5.74, 6) is 0.194. The van der Waals surface area contributed by atoms with Gasteiger partial charge in [0.05, 0.1) is 16.3 Å². The maximum atomic E-state index is 12.3. The van der Waals surface area contributed by atoms with Crippen molar-refractivity contribution in [3.8, 4) is 0 Å². The van der Waals surface area contributed by atoms with Gasteiger partial charge in [-0.15, -0.1) is 11.3 Å². The van der Waals surface area contributed by atoms with Gasteiger partial charge < -0.3 is 10.6 Å². The van der Waals surface area contributed by atoms with Gasteiger partial charge in [-0.3, -0.25) is 4.79 Å². The van der Waals surface area contributed by atoms with Crippen LogP contribution in [0.4, 0.5) is 0 Å². The number of hydrogen-bond acceptors (Lipinski definition) is 4. The minimum atomic E-state index is 0.0222. The molecule has 1 aromatic carbocycles. The summed E-state index contributed by atoms with van der Waals surface area (Å²) in [4.78, 5) is 18.8. The van der Waals surface area contributed by atoms with Crippen LogP contribution >= 0.6 is 11.3 Å². The van der Waals surface area contributed by atoms with E-state index in [9.17, 15) is 4.79 Å². The van der Waals surface area contributed by atoms with E-state index in [0.29, 0.717) is 6.42 Å². The Labute approximate surface area is 136 Å². The Morgan fingerprint density at radius 3 is 2.73 bits per heavy atom. The third-order valence-electron chi connectivity index (χ3n) is 3.99. The Balaban J connectivity index is 1.90. The number of hydrogen-bond donors (Lipinski definition) is 1. The van der Waals surface area contributed by atoms with E-state index < -0.39 is 0 Å². The highest BCUT2D eigenvalue weighted by Gasteiger charge is 2.20. The molecule has 0 bridgehead atoms. The topological polar surface area (TPSA) is 59.2 Å². The summed E-state index contributed by atoms with van der Waals surface area (Å²) >= 11 is 1.67. The Bertz CT molecular complexity index is 578. The molecule has 1 heterocycles. The number of amides is 1. The van der Waals surface area contributed by atoms with Crippen LogP contribution < -0.4 is 5.73 Å². The first kappa shape index (κ1) is 16.9. The van der Waals surface area contributed by atoms with Crippen molar-refractivity contribution < 1.29 is 4.79 Å². The molecule has 0 radical (unpaired) electrons. The molecule has 1 amide bonds. The van der Waals surface area contributed by atoms with Gasteiger partial charge in [0.15, 0.2) is 0 Å². The molecule has 0 spiro atoms. The second-order valence-electron chi connectivity index (χ2n) is 5.65. The van der Waals surface area contributed by atoms with E-state index in [4.69, 9.17) is 5.73 Å². The molecule has 0 fully saturated rings. The number of fused-ring (bicyclic) bond motifs is 1. The molecule has 4 nitrogen and oxygen atoms in total. The highest BCUT2D eigenvalue weighted by molar-refractivity contribution is 7.18. The van der Waals surface area contributed by atoms with Crippen molar-refractivity contribution in [1.29, 1.82) is 0 Å². The van der Waals surface area contributed by atoms with E-state index in [-0.39, 0.29) is 11.9 Å². The van der Waals surface area contributed by atoms with Crippen LogP contribution in [0.3, 0.4) is 0 Å². The number of nitrogens with zero attached hydrogens (tertiary/aromatic N) is 2. The molecule has 2 N–H and O–H groups in total. The van der Waals surface area contributed by atoms with E-state index in [1.54, 1.807) is 11.3 Å². The average molecular weight is 319 g/mol. The summed E-state index contributed by atoms with van der Waals surface area (Å²) in [6, 6.07) is 8.12. The molecule has 0 saturated carbocycles. The number of benzene rings is 1.